The fourth-order valence-corrected chi connectivity index (χ4v) is 3.74. The molecule has 4 rings (SSSR count). The quantitative estimate of drug-likeness (QED) is 0.445. The number of anilines is 1. The lowest BCUT2D eigenvalue weighted by Gasteiger charge is -2.12. The summed E-state index contributed by atoms with van der Waals surface area (Å²) in [4.78, 5) is 25.9. The minimum absolute atomic E-state index is 0.0233. The third-order valence-electron chi connectivity index (χ3n) is 4.44. The van der Waals surface area contributed by atoms with Gasteiger partial charge >= 0.3 is 0 Å². The van der Waals surface area contributed by atoms with Gasteiger partial charge in [0, 0.05) is 15.7 Å². The Morgan fingerprint density at radius 2 is 1.59 bits per heavy atom. The molecule has 0 saturated heterocycles. The molecule has 0 aromatic heterocycles. The number of carbonyl (C=O) groups excluding carboxylic acids is 2. The van der Waals surface area contributed by atoms with Gasteiger partial charge in [0.2, 0.25) is 6.79 Å². The SMILES string of the molecule is O=C(Nc1cc(Cl)cc(Cl)c1)C(=Cc1ccc2c(c1)OCO2)NC(=O)c1ccccc1Cl. The Labute approximate surface area is 198 Å². The molecule has 0 aliphatic carbocycles. The second-order valence-corrected chi connectivity index (χ2v) is 8.00. The fourth-order valence-electron chi connectivity index (χ4n) is 2.99. The molecule has 32 heavy (non-hydrogen) atoms. The van der Waals surface area contributed by atoms with Crippen LogP contribution in [-0.4, -0.2) is 18.6 Å². The van der Waals surface area contributed by atoms with Crippen molar-refractivity contribution in [3.05, 3.63) is 92.6 Å². The van der Waals surface area contributed by atoms with Crippen LogP contribution >= 0.6 is 34.8 Å². The van der Waals surface area contributed by atoms with Crippen LogP contribution in [0.2, 0.25) is 15.1 Å². The monoisotopic (exact) mass is 488 g/mol. The van der Waals surface area contributed by atoms with Crippen LogP contribution in [0.5, 0.6) is 11.5 Å². The molecule has 1 heterocycles. The van der Waals surface area contributed by atoms with E-state index in [-0.39, 0.29) is 23.1 Å². The minimum Gasteiger partial charge on any atom is -0.454 e. The van der Waals surface area contributed by atoms with Gasteiger partial charge in [-0.05, 0) is 54.1 Å². The Bertz CT molecular complexity index is 1220. The zero-order chi connectivity index (χ0) is 22.7. The maximum atomic E-state index is 13.1. The van der Waals surface area contributed by atoms with Crippen LogP contribution in [-0.2, 0) is 4.79 Å². The summed E-state index contributed by atoms with van der Waals surface area (Å²) in [5.41, 5.74) is 1.19. The lowest BCUT2D eigenvalue weighted by Crippen LogP contribution is -2.31. The lowest BCUT2D eigenvalue weighted by atomic mass is 10.1. The summed E-state index contributed by atoms with van der Waals surface area (Å²) in [5.74, 6) is 0.0164. The molecule has 2 amide bonds. The number of hydrogen-bond donors (Lipinski definition) is 2. The topological polar surface area (TPSA) is 76.7 Å². The molecule has 0 fully saturated rings. The van der Waals surface area contributed by atoms with Gasteiger partial charge < -0.3 is 20.1 Å². The standard InChI is InChI=1S/C23H15Cl3N2O4/c24-14-9-15(25)11-16(10-14)27-23(30)19(28-22(29)17-3-1-2-4-18(17)26)7-13-5-6-20-21(8-13)32-12-31-20/h1-11H,12H2,(H,27,30)(H,28,29). The maximum absolute atomic E-state index is 13.1. The molecule has 3 aromatic carbocycles. The first-order valence-corrected chi connectivity index (χ1v) is 10.5. The number of nitrogens with one attached hydrogen (secondary N) is 2. The Morgan fingerprint density at radius 3 is 2.34 bits per heavy atom. The van der Waals surface area contributed by atoms with Crippen LogP contribution in [0.4, 0.5) is 5.69 Å². The first-order chi connectivity index (χ1) is 15.4. The van der Waals surface area contributed by atoms with Crippen molar-refractivity contribution in [2.75, 3.05) is 12.1 Å². The Balaban J connectivity index is 1.66. The van der Waals surface area contributed by atoms with E-state index < -0.39 is 11.8 Å². The molecule has 2 N–H and O–H groups in total. The summed E-state index contributed by atoms with van der Waals surface area (Å²) in [6.45, 7) is 0.120. The van der Waals surface area contributed by atoms with Crippen LogP contribution in [0.25, 0.3) is 6.08 Å². The molecule has 0 atom stereocenters. The largest absolute Gasteiger partial charge is 0.454 e. The number of ether oxygens (including phenoxy) is 2. The van der Waals surface area contributed by atoms with Crippen molar-refractivity contribution >= 4 is 58.4 Å². The van der Waals surface area contributed by atoms with E-state index in [1.807, 2.05) is 0 Å². The number of halogens is 3. The highest BCUT2D eigenvalue weighted by Crippen LogP contribution is 2.33. The molecule has 0 spiro atoms. The highest BCUT2D eigenvalue weighted by Gasteiger charge is 2.18. The number of rotatable bonds is 5. The summed E-state index contributed by atoms with van der Waals surface area (Å²) in [6.07, 6.45) is 1.51. The van der Waals surface area contributed by atoms with E-state index in [0.29, 0.717) is 32.8 Å². The zero-order valence-electron chi connectivity index (χ0n) is 16.3. The summed E-state index contributed by atoms with van der Waals surface area (Å²) in [5, 5.41) is 6.29. The molecule has 6 nitrogen and oxygen atoms in total. The molecule has 0 radical (unpaired) electrons. The van der Waals surface area contributed by atoms with E-state index in [2.05, 4.69) is 10.6 Å². The van der Waals surface area contributed by atoms with Crippen molar-refractivity contribution in [2.24, 2.45) is 0 Å². The molecular weight excluding hydrogens is 475 g/mol. The molecule has 162 valence electrons. The number of hydrogen-bond acceptors (Lipinski definition) is 4. The van der Waals surface area contributed by atoms with Gasteiger partial charge in [-0.1, -0.05) is 53.0 Å². The Kier molecular flexibility index (Phi) is 6.55. The van der Waals surface area contributed by atoms with Gasteiger partial charge in [0.25, 0.3) is 11.8 Å². The second kappa shape index (κ2) is 9.53. The van der Waals surface area contributed by atoms with Crippen LogP contribution in [0.1, 0.15) is 15.9 Å². The molecule has 1 aliphatic heterocycles. The Hall–Kier alpha value is -3.19. The fraction of sp³-hybridized carbons (Fsp3) is 0.0435. The molecule has 0 saturated carbocycles. The van der Waals surface area contributed by atoms with Gasteiger partial charge in [0.15, 0.2) is 11.5 Å². The van der Waals surface area contributed by atoms with Crippen LogP contribution < -0.4 is 20.1 Å². The summed E-state index contributed by atoms with van der Waals surface area (Å²) >= 11 is 18.2. The van der Waals surface area contributed by atoms with Crippen LogP contribution in [0.15, 0.2) is 66.4 Å². The molecule has 0 bridgehead atoms. The van der Waals surface area contributed by atoms with Gasteiger partial charge in [-0.2, -0.15) is 0 Å². The number of carbonyl (C=O) groups is 2. The zero-order valence-corrected chi connectivity index (χ0v) is 18.6. The smallest absolute Gasteiger partial charge is 0.272 e. The minimum atomic E-state index is -0.582. The third-order valence-corrected chi connectivity index (χ3v) is 5.21. The molecule has 1 aliphatic rings. The van der Waals surface area contributed by atoms with Crippen molar-refractivity contribution in [1.82, 2.24) is 5.32 Å². The lowest BCUT2D eigenvalue weighted by molar-refractivity contribution is -0.113. The first-order valence-electron chi connectivity index (χ1n) is 9.34. The average molecular weight is 490 g/mol. The maximum Gasteiger partial charge on any atom is 0.272 e. The van der Waals surface area contributed by atoms with Crippen molar-refractivity contribution in [3.8, 4) is 11.5 Å². The number of amides is 2. The van der Waals surface area contributed by atoms with E-state index in [0.717, 1.165) is 0 Å². The molecule has 0 unspecified atom stereocenters. The van der Waals surface area contributed by atoms with Gasteiger partial charge in [0.1, 0.15) is 5.70 Å². The van der Waals surface area contributed by atoms with Crippen molar-refractivity contribution < 1.29 is 19.1 Å². The summed E-state index contributed by atoms with van der Waals surface area (Å²) < 4.78 is 10.7. The normalized spacial score (nSPS) is 12.4. The first kappa shape index (κ1) is 22.0. The van der Waals surface area contributed by atoms with Crippen molar-refractivity contribution in [3.63, 3.8) is 0 Å². The highest BCUT2D eigenvalue weighted by atomic mass is 35.5. The summed E-state index contributed by atoms with van der Waals surface area (Å²) in [7, 11) is 0. The second-order valence-electron chi connectivity index (χ2n) is 6.72. The van der Waals surface area contributed by atoms with Crippen LogP contribution in [0.3, 0.4) is 0 Å². The predicted octanol–water partition coefficient (Wildman–Crippen LogP) is 5.79. The predicted molar refractivity (Wildman–Crippen MR) is 125 cm³/mol. The number of benzene rings is 3. The van der Waals surface area contributed by atoms with Crippen LogP contribution in [0, 0.1) is 0 Å². The van der Waals surface area contributed by atoms with Gasteiger partial charge in [-0.25, -0.2) is 0 Å². The number of fused-ring (bicyclic) bond motifs is 1. The van der Waals surface area contributed by atoms with E-state index in [4.69, 9.17) is 44.3 Å². The molecular formula is C23H15Cl3N2O4. The van der Waals surface area contributed by atoms with Crippen molar-refractivity contribution in [2.45, 2.75) is 0 Å². The third kappa shape index (κ3) is 5.16. The van der Waals surface area contributed by atoms with Gasteiger partial charge in [0.05, 0.1) is 10.6 Å². The van der Waals surface area contributed by atoms with Crippen molar-refractivity contribution in [1.29, 1.82) is 0 Å². The highest BCUT2D eigenvalue weighted by molar-refractivity contribution is 6.35. The Morgan fingerprint density at radius 1 is 0.875 bits per heavy atom. The van der Waals surface area contributed by atoms with Gasteiger partial charge in [-0.3, -0.25) is 9.59 Å². The van der Waals surface area contributed by atoms with E-state index in [1.54, 1.807) is 60.7 Å². The van der Waals surface area contributed by atoms with E-state index in [9.17, 15) is 9.59 Å². The molecule has 3 aromatic rings. The van der Waals surface area contributed by atoms with Gasteiger partial charge in [-0.15, -0.1) is 0 Å². The van der Waals surface area contributed by atoms with E-state index in [1.165, 1.54) is 6.08 Å². The summed E-state index contributed by atoms with van der Waals surface area (Å²) in [6, 6.07) is 16.3. The van der Waals surface area contributed by atoms with E-state index >= 15 is 0 Å². The average Bonchev–Trinajstić information content (AvgIpc) is 3.20. The molecule has 9 heteroatoms.